The summed E-state index contributed by atoms with van der Waals surface area (Å²) in [6.45, 7) is 0.863. The highest BCUT2D eigenvalue weighted by molar-refractivity contribution is 7.16. The number of nitrogens with zero attached hydrogens (tertiary/aromatic N) is 3. The lowest BCUT2D eigenvalue weighted by Crippen LogP contribution is -2.35. The third-order valence-electron chi connectivity index (χ3n) is 3.95. The number of anilines is 1. The van der Waals surface area contributed by atoms with Crippen molar-refractivity contribution in [3.05, 3.63) is 52.2 Å². The molecule has 0 spiro atoms. The van der Waals surface area contributed by atoms with Gasteiger partial charge in [0.2, 0.25) is 5.91 Å². The van der Waals surface area contributed by atoms with Crippen molar-refractivity contribution in [2.45, 2.75) is 13.0 Å². The highest BCUT2D eigenvalue weighted by atomic mass is 32.1. The molecule has 132 valence electrons. The second-order valence-corrected chi connectivity index (χ2v) is 6.68. The summed E-state index contributed by atoms with van der Waals surface area (Å²) in [4.78, 5) is 30.3. The maximum atomic E-state index is 12.2. The zero-order chi connectivity index (χ0) is 18.5. The Kier molecular flexibility index (Phi) is 5.29. The Hall–Kier alpha value is -3.18. The summed E-state index contributed by atoms with van der Waals surface area (Å²) in [6, 6.07) is 5.79. The van der Waals surface area contributed by atoms with E-state index in [4.69, 9.17) is 4.74 Å². The van der Waals surface area contributed by atoms with Crippen LogP contribution < -0.4 is 5.32 Å². The van der Waals surface area contributed by atoms with E-state index in [9.17, 15) is 14.9 Å². The van der Waals surface area contributed by atoms with Crippen molar-refractivity contribution in [1.82, 2.24) is 9.88 Å². The van der Waals surface area contributed by atoms with Crippen LogP contribution in [0.4, 0.5) is 9.80 Å². The first-order valence-electron chi connectivity index (χ1n) is 7.89. The van der Waals surface area contributed by atoms with Gasteiger partial charge in [-0.15, -0.1) is 11.3 Å². The first-order valence-corrected chi connectivity index (χ1v) is 8.70. The number of pyridine rings is 1. The van der Waals surface area contributed by atoms with Crippen molar-refractivity contribution < 1.29 is 14.3 Å². The van der Waals surface area contributed by atoms with E-state index in [1.54, 1.807) is 29.4 Å². The van der Waals surface area contributed by atoms with Gasteiger partial charge in [0.05, 0.1) is 19.2 Å². The Labute approximate surface area is 154 Å². The van der Waals surface area contributed by atoms with Crippen molar-refractivity contribution in [2.75, 3.05) is 19.0 Å². The summed E-state index contributed by atoms with van der Waals surface area (Å²) in [5.74, 6) is -0.325. The maximum Gasteiger partial charge on any atom is 0.409 e. The number of hydrogen-bond acceptors (Lipinski definition) is 6. The van der Waals surface area contributed by atoms with Crippen LogP contribution >= 0.6 is 11.3 Å². The Morgan fingerprint density at radius 2 is 2.35 bits per heavy atom. The molecular weight excluding hydrogens is 352 g/mol. The number of amides is 2. The third kappa shape index (κ3) is 3.73. The number of carbonyl (C=O) groups is 2. The van der Waals surface area contributed by atoms with Crippen molar-refractivity contribution in [3.8, 4) is 6.07 Å². The molecule has 8 heteroatoms. The lowest BCUT2D eigenvalue weighted by molar-refractivity contribution is -0.111. The summed E-state index contributed by atoms with van der Waals surface area (Å²) in [5.41, 5.74) is 2.17. The van der Waals surface area contributed by atoms with E-state index < -0.39 is 6.09 Å². The predicted octanol–water partition coefficient (Wildman–Crippen LogP) is 2.79. The lowest BCUT2D eigenvalue weighted by Gasteiger charge is -2.25. The topological polar surface area (TPSA) is 95.3 Å². The number of rotatable bonds is 3. The number of hydrogen-bond donors (Lipinski definition) is 1. The number of nitriles is 1. The molecule has 26 heavy (non-hydrogen) atoms. The van der Waals surface area contributed by atoms with Gasteiger partial charge in [0.1, 0.15) is 11.1 Å². The zero-order valence-electron chi connectivity index (χ0n) is 14.1. The molecule has 3 heterocycles. The number of ether oxygens (including phenoxy) is 1. The molecule has 0 saturated heterocycles. The number of carbonyl (C=O) groups excluding carboxylic acids is 2. The normalized spacial score (nSPS) is 13.2. The molecule has 0 aliphatic carbocycles. The second-order valence-electron chi connectivity index (χ2n) is 5.57. The summed E-state index contributed by atoms with van der Waals surface area (Å²) < 4.78 is 4.75. The molecular formula is C18H16N4O3S. The van der Waals surface area contributed by atoms with Crippen molar-refractivity contribution in [2.24, 2.45) is 0 Å². The van der Waals surface area contributed by atoms with Gasteiger partial charge < -0.3 is 15.0 Å². The molecule has 0 aromatic carbocycles. The van der Waals surface area contributed by atoms with Crippen LogP contribution in [0.15, 0.2) is 30.6 Å². The lowest BCUT2D eigenvalue weighted by atomic mass is 10.0. The van der Waals surface area contributed by atoms with Gasteiger partial charge in [0.25, 0.3) is 0 Å². The fraction of sp³-hybridized carbons (Fsp3) is 0.222. The van der Waals surface area contributed by atoms with Crippen LogP contribution in [-0.2, 0) is 22.5 Å². The van der Waals surface area contributed by atoms with E-state index in [1.165, 1.54) is 24.5 Å². The highest BCUT2D eigenvalue weighted by Crippen LogP contribution is 2.36. The van der Waals surface area contributed by atoms with E-state index in [0.717, 1.165) is 16.0 Å². The average molecular weight is 368 g/mol. The predicted molar refractivity (Wildman–Crippen MR) is 97.5 cm³/mol. The van der Waals surface area contributed by atoms with Crippen LogP contribution in [0.3, 0.4) is 0 Å². The molecule has 3 rings (SSSR count). The maximum absolute atomic E-state index is 12.2. The number of thiophene rings is 1. The van der Waals surface area contributed by atoms with E-state index in [-0.39, 0.29) is 5.91 Å². The van der Waals surface area contributed by atoms with Gasteiger partial charge in [0, 0.05) is 29.9 Å². The Morgan fingerprint density at radius 1 is 1.50 bits per heavy atom. The molecule has 2 aromatic rings. The summed E-state index contributed by atoms with van der Waals surface area (Å²) in [6.07, 6.45) is 6.52. The van der Waals surface area contributed by atoms with Gasteiger partial charge in [-0.3, -0.25) is 9.78 Å². The monoisotopic (exact) mass is 368 g/mol. The summed E-state index contributed by atoms with van der Waals surface area (Å²) in [5, 5.41) is 12.7. The van der Waals surface area contributed by atoms with E-state index >= 15 is 0 Å². The number of nitrogens with one attached hydrogen (secondary N) is 1. The Balaban J connectivity index is 1.76. The molecule has 0 saturated carbocycles. The molecule has 0 atom stereocenters. The SMILES string of the molecule is COC(=O)N1CCc2c(sc(NC(=O)/C=C/c3cccnc3)c2C#N)C1. The van der Waals surface area contributed by atoms with Crippen LogP contribution in [0.1, 0.15) is 21.6 Å². The minimum atomic E-state index is -0.396. The van der Waals surface area contributed by atoms with E-state index in [1.807, 2.05) is 6.07 Å². The molecule has 0 fully saturated rings. The van der Waals surface area contributed by atoms with Crippen LogP contribution in [-0.4, -0.2) is 35.5 Å². The third-order valence-corrected chi connectivity index (χ3v) is 5.08. The minimum absolute atomic E-state index is 0.325. The first kappa shape index (κ1) is 17.6. The van der Waals surface area contributed by atoms with Gasteiger partial charge in [0.15, 0.2) is 0 Å². The number of fused-ring (bicyclic) bond motifs is 1. The van der Waals surface area contributed by atoms with Crippen molar-refractivity contribution in [1.29, 1.82) is 5.26 Å². The highest BCUT2D eigenvalue weighted by Gasteiger charge is 2.27. The number of aromatic nitrogens is 1. The van der Waals surface area contributed by atoms with Crippen LogP contribution in [0.25, 0.3) is 6.08 Å². The fourth-order valence-corrected chi connectivity index (χ4v) is 3.91. The van der Waals surface area contributed by atoms with Crippen molar-refractivity contribution in [3.63, 3.8) is 0 Å². The van der Waals surface area contributed by atoms with Crippen LogP contribution in [0, 0.1) is 11.3 Å². The quantitative estimate of drug-likeness (QED) is 0.841. The van der Waals surface area contributed by atoms with Gasteiger partial charge >= 0.3 is 6.09 Å². The molecule has 1 aliphatic rings. The molecule has 0 unspecified atom stereocenters. The van der Waals surface area contributed by atoms with Crippen LogP contribution in [0.5, 0.6) is 0 Å². The molecule has 1 N–H and O–H groups in total. The minimum Gasteiger partial charge on any atom is -0.453 e. The van der Waals surface area contributed by atoms with Crippen molar-refractivity contribution >= 4 is 34.4 Å². The standard InChI is InChI=1S/C18H16N4O3S/c1-25-18(24)22-8-6-13-14(9-19)17(26-15(13)11-22)21-16(23)5-4-12-3-2-7-20-10-12/h2-5,7,10H,6,8,11H2,1H3,(H,21,23)/b5-4+. The summed E-state index contributed by atoms with van der Waals surface area (Å²) in [7, 11) is 1.34. The van der Waals surface area contributed by atoms with E-state index in [0.29, 0.717) is 30.1 Å². The zero-order valence-corrected chi connectivity index (χ0v) is 14.9. The molecule has 0 bridgehead atoms. The summed E-state index contributed by atoms with van der Waals surface area (Å²) >= 11 is 1.32. The second kappa shape index (κ2) is 7.80. The Bertz CT molecular complexity index is 899. The molecule has 2 amide bonds. The van der Waals surface area contributed by atoms with Gasteiger partial charge in [-0.1, -0.05) is 6.07 Å². The Morgan fingerprint density at radius 3 is 3.04 bits per heavy atom. The van der Waals surface area contributed by atoms with Gasteiger partial charge in [-0.05, 0) is 29.7 Å². The van der Waals surface area contributed by atoms with E-state index in [2.05, 4.69) is 16.4 Å². The number of methoxy groups -OCH3 is 1. The van der Waals surface area contributed by atoms with Gasteiger partial charge in [-0.2, -0.15) is 5.26 Å². The molecule has 0 radical (unpaired) electrons. The first-order chi connectivity index (χ1) is 12.6. The molecule has 7 nitrogen and oxygen atoms in total. The average Bonchev–Trinajstić information content (AvgIpc) is 3.02. The van der Waals surface area contributed by atoms with Crippen LogP contribution in [0.2, 0.25) is 0 Å². The smallest absolute Gasteiger partial charge is 0.409 e. The molecule has 2 aromatic heterocycles. The largest absolute Gasteiger partial charge is 0.453 e. The fourth-order valence-electron chi connectivity index (χ4n) is 2.69. The van der Waals surface area contributed by atoms with Gasteiger partial charge in [-0.25, -0.2) is 4.79 Å². The molecule has 1 aliphatic heterocycles.